The molecule has 0 aliphatic rings. The van der Waals surface area contributed by atoms with Gasteiger partial charge in [0.05, 0.1) is 15.9 Å². The molecule has 0 bridgehead atoms. The lowest BCUT2D eigenvalue weighted by molar-refractivity contribution is 0.442. The van der Waals surface area contributed by atoms with Gasteiger partial charge in [0.15, 0.2) is 0 Å². The number of hydrogen-bond acceptors (Lipinski definition) is 4. The fraction of sp³-hybridized carbons (Fsp3) is 0.0476. The van der Waals surface area contributed by atoms with E-state index in [0.29, 0.717) is 10.0 Å². The number of rotatable bonds is 3. The normalized spacial score (nSPS) is 11.5. The highest BCUT2D eigenvalue weighted by atomic mass is 79.9. The Morgan fingerprint density at radius 3 is 2.50 bits per heavy atom. The van der Waals surface area contributed by atoms with Crippen LogP contribution in [0.25, 0.3) is 16.9 Å². The summed E-state index contributed by atoms with van der Waals surface area (Å²) in [6.07, 6.45) is 5.60. The maximum absolute atomic E-state index is 10.1. The van der Waals surface area contributed by atoms with Crippen molar-refractivity contribution >= 4 is 49.4 Å². The highest BCUT2D eigenvalue weighted by Crippen LogP contribution is 2.40. The average molecular weight is 501 g/mol. The molecular weight excluding hydrogens is 486 g/mol. The third-order valence-corrected chi connectivity index (χ3v) is 5.67. The Bertz CT molecular complexity index is 1210. The molecule has 2 heterocycles. The molecule has 0 fully saturated rings. The van der Waals surface area contributed by atoms with Crippen molar-refractivity contribution in [3.8, 4) is 22.8 Å². The molecule has 0 amide bonds. The van der Waals surface area contributed by atoms with Crippen molar-refractivity contribution in [1.82, 2.24) is 9.38 Å². The maximum atomic E-state index is 10.1. The minimum atomic E-state index is -0.0685. The molecule has 0 radical (unpaired) electrons. The van der Waals surface area contributed by atoms with Crippen LogP contribution in [-0.4, -0.2) is 25.8 Å². The van der Waals surface area contributed by atoms with Gasteiger partial charge in [0, 0.05) is 29.7 Å². The van der Waals surface area contributed by atoms with Gasteiger partial charge in [-0.3, -0.25) is 4.99 Å². The van der Waals surface area contributed by atoms with Crippen LogP contribution in [-0.2, 0) is 0 Å². The van der Waals surface area contributed by atoms with Crippen molar-refractivity contribution in [2.75, 3.05) is 0 Å². The van der Waals surface area contributed by atoms with E-state index in [4.69, 9.17) is 0 Å². The molecule has 0 spiro atoms. The Balaban J connectivity index is 1.60. The number of nitrogens with zero attached hydrogens (tertiary/aromatic N) is 3. The molecule has 0 unspecified atom stereocenters. The summed E-state index contributed by atoms with van der Waals surface area (Å²) in [5.74, 6) is -0.122. The lowest BCUT2D eigenvalue weighted by Crippen LogP contribution is -1.85. The number of phenols is 2. The first kappa shape index (κ1) is 18.7. The van der Waals surface area contributed by atoms with Gasteiger partial charge >= 0.3 is 0 Å². The van der Waals surface area contributed by atoms with E-state index in [0.717, 1.165) is 22.6 Å². The first-order valence-corrected chi connectivity index (χ1v) is 10.0. The van der Waals surface area contributed by atoms with Crippen LogP contribution in [0.4, 0.5) is 5.69 Å². The van der Waals surface area contributed by atoms with E-state index in [9.17, 15) is 10.2 Å². The van der Waals surface area contributed by atoms with Crippen molar-refractivity contribution in [3.05, 3.63) is 74.9 Å². The third kappa shape index (κ3) is 3.55. The number of aliphatic imine (C=N–C) groups is 1. The molecule has 28 heavy (non-hydrogen) atoms. The number of aromatic hydroxyl groups is 2. The van der Waals surface area contributed by atoms with Crippen LogP contribution >= 0.6 is 31.9 Å². The SMILES string of the molecule is Cc1ccc2nc(-c3ccc(/N=C/c4cc(Br)c(O)c(Br)c4O)cc3)cn2c1. The number of halogens is 2. The Hall–Kier alpha value is -2.64. The van der Waals surface area contributed by atoms with Crippen LogP contribution in [0.1, 0.15) is 11.1 Å². The minimum Gasteiger partial charge on any atom is -0.506 e. The number of pyridine rings is 1. The number of fused-ring (bicyclic) bond motifs is 1. The predicted octanol–water partition coefficient (Wildman–Crippen LogP) is 6.00. The zero-order valence-electron chi connectivity index (χ0n) is 14.8. The summed E-state index contributed by atoms with van der Waals surface area (Å²) in [4.78, 5) is 9.05. The second-order valence-corrected chi connectivity index (χ2v) is 8.01. The van der Waals surface area contributed by atoms with Gasteiger partial charge in [0.1, 0.15) is 21.6 Å². The van der Waals surface area contributed by atoms with Gasteiger partial charge in [-0.1, -0.05) is 18.2 Å². The lowest BCUT2D eigenvalue weighted by Gasteiger charge is -2.06. The summed E-state index contributed by atoms with van der Waals surface area (Å²) in [6.45, 7) is 2.05. The highest BCUT2D eigenvalue weighted by molar-refractivity contribution is 9.11. The quantitative estimate of drug-likeness (QED) is 0.339. The second kappa shape index (κ2) is 7.41. The molecule has 4 rings (SSSR count). The van der Waals surface area contributed by atoms with Gasteiger partial charge in [-0.2, -0.15) is 0 Å². The van der Waals surface area contributed by atoms with Gasteiger partial charge in [-0.25, -0.2) is 4.98 Å². The molecule has 0 saturated carbocycles. The smallest absolute Gasteiger partial charge is 0.147 e. The van der Waals surface area contributed by atoms with Crippen molar-refractivity contribution < 1.29 is 10.2 Å². The Morgan fingerprint density at radius 2 is 1.75 bits per heavy atom. The molecule has 2 aromatic carbocycles. The average Bonchev–Trinajstić information content (AvgIpc) is 3.11. The number of hydrogen-bond donors (Lipinski definition) is 2. The summed E-state index contributed by atoms with van der Waals surface area (Å²) in [5, 5.41) is 19.9. The zero-order valence-corrected chi connectivity index (χ0v) is 17.9. The molecule has 2 aromatic heterocycles. The van der Waals surface area contributed by atoms with Gasteiger partial charge in [0.2, 0.25) is 0 Å². The molecule has 140 valence electrons. The summed E-state index contributed by atoms with van der Waals surface area (Å²) >= 11 is 6.41. The van der Waals surface area contributed by atoms with Gasteiger partial charge in [-0.15, -0.1) is 0 Å². The van der Waals surface area contributed by atoms with Gasteiger partial charge in [-0.05, 0) is 68.6 Å². The van der Waals surface area contributed by atoms with E-state index in [1.54, 1.807) is 12.3 Å². The molecular formula is C21H15Br2N3O2. The van der Waals surface area contributed by atoms with Gasteiger partial charge in [0.25, 0.3) is 0 Å². The first-order valence-electron chi connectivity index (χ1n) is 8.42. The predicted molar refractivity (Wildman–Crippen MR) is 118 cm³/mol. The van der Waals surface area contributed by atoms with Crippen LogP contribution in [0.2, 0.25) is 0 Å². The largest absolute Gasteiger partial charge is 0.506 e. The monoisotopic (exact) mass is 499 g/mol. The van der Waals surface area contributed by atoms with Gasteiger partial charge < -0.3 is 14.6 Å². The van der Waals surface area contributed by atoms with Crippen molar-refractivity contribution in [2.45, 2.75) is 6.92 Å². The van der Waals surface area contributed by atoms with E-state index in [1.165, 1.54) is 5.56 Å². The standard InChI is InChI=1S/C21H15Br2N3O2/c1-12-2-7-18-25-17(11-26(18)10-12)13-3-5-15(6-4-13)24-9-14-8-16(22)21(28)19(23)20(14)27/h2-11,27-28H,1H3/b24-9+. The number of phenolic OH excluding ortho intramolecular Hbond substituents is 2. The molecule has 0 atom stereocenters. The molecule has 0 aliphatic heterocycles. The van der Waals surface area contributed by atoms with Crippen molar-refractivity contribution in [1.29, 1.82) is 0 Å². The van der Waals surface area contributed by atoms with E-state index in [2.05, 4.69) is 48.8 Å². The molecule has 2 N–H and O–H groups in total. The molecule has 0 aliphatic carbocycles. The Labute approximate surface area is 178 Å². The second-order valence-electron chi connectivity index (χ2n) is 6.36. The summed E-state index contributed by atoms with van der Waals surface area (Å²) < 4.78 is 2.71. The number of aryl methyl sites for hydroxylation is 1. The molecule has 7 heteroatoms. The number of benzene rings is 2. The number of imidazole rings is 1. The van der Waals surface area contributed by atoms with Crippen LogP contribution in [0.3, 0.4) is 0 Å². The Kier molecular flexibility index (Phi) is 4.95. The maximum Gasteiger partial charge on any atom is 0.147 e. The van der Waals surface area contributed by atoms with Crippen LogP contribution in [0.5, 0.6) is 11.5 Å². The highest BCUT2D eigenvalue weighted by Gasteiger charge is 2.12. The lowest BCUT2D eigenvalue weighted by atomic mass is 10.1. The fourth-order valence-electron chi connectivity index (χ4n) is 2.82. The van der Waals surface area contributed by atoms with Crippen LogP contribution in [0, 0.1) is 6.92 Å². The zero-order chi connectivity index (χ0) is 19.8. The molecule has 0 saturated heterocycles. The Morgan fingerprint density at radius 1 is 1.00 bits per heavy atom. The van der Waals surface area contributed by atoms with E-state index >= 15 is 0 Å². The topological polar surface area (TPSA) is 70.1 Å². The van der Waals surface area contributed by atoms with E-state index in [1.807, 2.05) is 53.2 Å². The number of aromatic nitrogens is 2. The van der Waals surface area contributed by atoms with E-state index < -0.39 is 0 Å². The minimum absolute atomic E-state index is 0.0540. The molecule has 5 nitrogen and oxygen atoms in total. The third-order valence-electron chi connectivity index (χ3n) is 4.31. The van der Waals surface area contributed by atoms with Crippen molar-refractivity contribution in [3.63, 3.8) is 0 Å². The van der Waals surface area contributed by atoms with E-state index in [-0.39, 0.29) is 16.0 Å². The van der Waals surface area contributed by atoms with Crippen LogP contribution in [0.15, 0.2) is 68.8 Å². The fourth-order valence-corrected chi connectivity index (χ4v) is 3.97. The summed E-state index contributed by atoms with van der Waals surface area (Å²) in [5.41, 5.74) is 5.20. The molecule has 4 aromatic rings. The summed E-state index contributed by atoms with van der Waals surface area (Å²) in [7, 11) is 0. The first-order chi connectivity index (χ1) is 13.4. The summed E-state index contributed by atoms with van der Waals surface area (Å²) in [6, 6.07) is 13.3. The van der Waals surface area contributed by atoms with Crippen LogP contribution < -0.4 is 0 Å². The van der Waals surface area contributed by atoms with Crippen molar-refractivity contribution in [2.24, 2.45) is 4.99 Å².